The maximum atomic E-state index is 10.4. The minimum absolute atomic E-state index is 0.628. The van der Waals surface area contributed by atoms with Crippen molar-refractivity contribution in [3.63, 3.8) is 0 Å². The summed E-state index contributed by atoms with van der Waals surface area (Å²) in [5, 5.41) is 0. The molecule has 0 aliphatic rings. The molecule has 3 heteroatoms. The van der Waals surface area contributed by atoms with Gasteiger partial charge in [0.15, 0.2) is 5.75 Å². The lowest BCUT2D eigenvalue weighted by atomic mass is 10.1. The van der Waals surface area contributed by atoms with Crippen molar-refractivity contribution in [3.8, 4) is 5.75 Å². The van der Waals surface area contributed by atoms with Crippen molar-refractivity contribution in [2.75, 3.05) is 7.11 Å². The number of hydrogen-bond donors (Lipinski definition) is 0. The molecular weight excluding hydrogens is 156 g/mol. The summed E-state index contributed by atoms with van der Waals surface area (Å²) in [6.45, 7) is 1.85. The van der Waals surface area contributed by atoms with Crippen LogP contribution in [-0.2, 0) is 4.89 Å². The van der Waals surface area contributed by atoms with Crippen molar-refractivity contribution in [2.24, 2.45) is 0 Å². The second-order valence-electron chi connectivity index (χ2n) is 2.39. The molecule has 0 fully saturated rings. The van der Waals surface area contributed by atoms with E-state index in [-0.39, 0.29) is 0 Å². The summed E-state index contributed by atoms with van der Waals surface area (Å²) >= 11 is 0. The molecule has 1 rings (SSSR count). The predicted molar refractivity (Wildman–Crippen MR) is 44.2 cm³/mol. The Labute approximate surface area is 70.8 Å². The Balaban J connectivity index is 2.94. The van der Waals surface area contributed by atoms with E-state index in [2.05, 4.69) is 4.89 Å². The Morgan fingerprint density at radius 1 is 1.42 bits per heavy atom. The predicted octanol–water partition coefficient (Wildman–Crippen LogP) is 1.75. The molecule has 0 aliphatic heterocycles. The molecule has 0 radical (unpaired) electrons. The number of hydrogen-bond acceptors (Lipinski definition) is 3. The van der Waals surface area contributed by atoms with Gasteiger partial charge in [-0.05, 0) is 30.7 Å². The monoisotopic (exact) mass is 166 g/mol. The van der Waals surface area contributed by atoms with Gasteiger partial charge < -0.3 is 4.89 Å². The van der Waals surface area contributed by atoms with Gasteiger partial charge in [0.2, 0.25) is 0 Å². The SMILES string of the molecule is COOc1ccc(C=O)cc1C. The maximum absolute atomic E-state index is 10.4. The van der Waals surface area contributed by atoms with Crippen LogP contribution < -0.4 is 4.89 Å². The van der Waals surface area contributed by atoms with Gasteiger partial charge in [0.05, 0.1) is 7.11 Å². The van der Waals surface area contributed by atoms with E-state index in [9.17, 15) is 4.79 Å². The van der Waals surface area contributed by atoms with Crippen molar-refractivity contribution in [2.45, 2.75) is 6.92 Å². The molecule has 0 N–H and O–H groups in total. The van der Waals surface area contributed by atoms with Crippen LogP contribution in [0.3, 0.4) is 0 Å². The first kappa shape index (κ1) is 8.74. The van der Waals surface area contributed by atoms with E-state index in [1.54, 1.807) is 18.2 Å². The molecule has 0 spiro atoms. The van der Waals surface area contributed by atoms with Crippen molar-refractivity contribution in [1.29, 1.82) is 0 Å². The van der Waals surface area contributed by atoms with Gasteiger partial charge in [-0.1, -0.05) is 0 Å². The average molecular weight is 166 g/mol. The number of rotatable bonds is 3. The second kappa shape index (κ2) is 3.88. The van der Waals surface area contributed by atoms with E-state index in [0.717, 1.165) is 11.8 Å². The average Bonchev–Trinajstić information content (AvgIpc) is 2.09. The zero-order valence-corrected chi connectivity index (χ0v) is 7.03. The van der Waals surface area contributed by atoms with Gasteiger partial charge in [-0.25, -0.2) is 0 Å². The Hall–Kier alpha value is -1.35. The van der Waals surface area contributed by atoms with Crippen LogP contribution >= 0.6 is 0 Å². The smallest absolute Gasteiger partial charge is 0.168 e. The molecule has 0 aromatic heterocycles. The second-order valence-corrected chi connectivity index (χ2v) is 2.39. The maximum Gasteiger partial charge on any atom is 0.168 e. The minimum atomic E-state index is 0.628. The summed E-state index contributed by atoms with van der Waals surface area (Å²) in [6, 6.07) is 5.11. The summed E-state index contributed by atoms with van der Waals surface area (Å²) in [4.78, 5) is 19.7. The Morgan fingerprint density at radius 2 is 2.17 bits per heavy atom. The first-order chi connectivity index (χ1) is 5.77. The van der Waals surface area contributed by atoms with Crippen molar-refractivity contribution >= 4 is 6.29 Å². The highest BCUT2D eigenvalue weighted by Crippen LogP contribution is 2.18. The zero-order chi connectivity index (χ0) is 8.97. The number of aryl methyl sites for hydroxylation is 1. The molecule has 1 aromatic rings. The van der Waals surface area contributed by atoms with Crippen molar-refractivity contribution in [1.82, 2.24) is 0 Å². The summed E-state index contributed by atoms with van der Waals surface area (Å²) in [5.74, 6) is 0.628. The van der Waals surface area contributed by atoms with Crippen LogP contribution in [0, 0.1) is 6.92 Å². The highest BCUT2D eigenvalue weighted by atomic mass is 17.2. The summed E-state index contributed by atoms with van der Waals surface area (Å²) in [6.07, 6.45) is 0.795. The number of benzene rings is 1. The topological polar surface area (TPSA) is 35.5 Å². The number of carbonyl (C=O) groups excluding carboxylic acids is 1. The molecule has 0 bridgehead atoms. The van der Waals surface area contributed by atoms with Gasteiger partial charge in [0.25, 0.3) is 0 Å². The quantitative estimate of drug-likeness (QED) is 0.390. The molecule has 0 atom stereocenters. The Morgan fingerprint density at radius 3 is 2.67 bits per heavy atom. The molecule has 0 amide bonds. The van der Waals surface area contributed by atoms with Gasteiger partial charge in [0.1, 0.15) is 6.29 Å². The molecule has 3 nitrogen and oxygen atoms in total. The molecule has 12 heavy (non-hydrogen) atoms. The van der Waals surface area contributed by atoms with Crippen LogP contribution in [0.25, 0.3) is 0 Å². The third-order valence-electron chi connectivity index (χ3n) is 1.51. The number of carbonyl (C=O) groups is 1. The summed E-state index contributed by atoms with van der Waals surface area (Å²) in [7, 11) is 1.44. The normalized spacial score (nSPS) is 9.50. The van der Waals surface area contributed by atoms with Crippen LogP contribution in [-0.4, -0.2) is 13.4 Å². The van der Waals surface area contributed by atoms with Gasteiger partial charge in [-0.15, -0.1) is 0 Å². The molecule has 0 unspecified atom stereocenters. The first-order valence-corrected chi connectivity index (χ1v) is 3.54. The summed E-state index contributed by atoms with van der Waals surface area (Å²) in [5.41, 5.74) is 1.51. The van der Waals surface area contributed by atoms with Gasteiger partial charge >= 0.3 is 0 Å². The molecule has 0 aliphatic carbocycles. The van der Waals surface area contributed by atoms with E-state index in [1.807, 2.05) is 6.92 Å². The minimum Gasteiger partial charge on any atom is -0.338 e. The Kier molecular flexibility index (Phi) is 2.82. The van der Waals surface area contributed by atoms with Crippen molar-refractivity contribution in [3.05, 3.63) is 29.3 Å². The van der Waals surface area contributed by atoms with Gasteiger partial charge in [-0.2, -0.15) is 4.89 Å². The van der Waals surface area contributed by atoms with Crippen molar-refractivity contribution < 1.29 is 14.6 Å². The van der Waals surface area contributed by atoms with Gasteiger partial charge in [-0.3, -0.25) is 4.79 Å². The highest BCUT2D eigenvalue weighted by Gasteiger charge is 2.00. The molecule has 64 valence electrons. The van der Waals surface area contributed by atoms with Gasteiger partial charge in [0, 0.05) is 5.56 Å². The van der Waals surface area contributed by atoms with E-state index in [1.165, 1.54) is 7.11 Å². The molecule has 0 saturated heterocycles. The van der Waals surface area contributed by atoms with Crippen LogP contribution in [0.4, 0.5) is 0 Å². The third-order valence-corrected chi connectivity index (χ3v) is 1.51. The largest absolute Gasteiger partial charge is 0.338 e. The molecule has 1 aromatic carbocycles. The summed E-state index contributed by atoms with van der Waals surface area (Å²) < 4.78 is 0. The fraction of sp³-hybridized carbons (Fsp3) is 0.222. The van der Waals surface area contributed by atoms with Crippen LogP contribution in [0.5, 0.6) is 5.75 Å². The molecular formula is C9H10O3. The first-order valence-electron chi connectivity index (χ1n) is 3.54. The standard InChI is InChI=1S/C9H10O3/c1-7-5-8(6-10)3-4-9(7)12-11-2/h3-6H,1-2H3. The van der Waals surface area contributed by atoms with E-state index < -0.39 is 0 Å². The number of aldehydes is 1. The van der Waals surface area contributed by atoms with Crippen LogP contribution in [0.2, 0.25) is 0 Å². The van der Waals surface area contributed by atoms with E-state index in [4.69, 9.17) is 4.89 Å². The fourth-order valence-electron chi connectivity index (χ4n) is 0.929. The Bertz CT molecular complexity index is 281. The molecule has 0 saturated carbocycles. The lowest BCUT2D eigenvalue weighted by Gasteiger charge is -2.03. The third kappa shape index (κ3) is 1.83. The van der Waals surface area contributed by atoms with E-state index >= 15 is 0 Å². The van der Waals surface area contributed by atoms with E-state index in [0.29, 0.717) is 11.3 Å². The lowest BCUT2D eigenvalue weighted by Crippen LogP contribution is -1.93. The van der Waals surface area contributed by atoms with Crippen LogP contribution in [0.15, 0.2) is 18.2 Å². The highest BCUT2D eigenvalue weighted by molar-refractivity contribution is 5.75. The lowest BCUT2D eigenvalue weighted by molar-refractivity contribution is -0.178. The molecule has 0 heterocycles. The zero-order valence-electron chi connectivity index (χ0n) is 7.03. The van der Waals surface area contributed by atoms with Crippen LogP contribution in [0.1, 0.15) is 15.9 Å². The fourth-order valence-corrected chi connectivity index (χ4v) is 0.929.